The normalized spacial score (nSPS) is 10.4. The minimum absolute atomic E-state index is 0.0957. The van der Waals surface area contributed by atoms with Crippen molar-refractivity contribution in [1.82, 2.24) is 5.32 Å². The molecule has 0 heterocycles. The van der Waals surface area contributed by atoms with Gasteiger partial charge in [-0.2, -0.15) is 0 Å². The molecule has 1 rings (SSSR count). The predicted molar refractivity (Wildman–Crippen MR) is 72.6 cm³/mol. The highest BCUT2D eigenvalue weighted by Gasteiger charge is 2.11. The van der Waals surface area contributed by atoms with Crippen LogP contribution in [0.1, 0.15) is 18.9 Å². The largest absolute Gasteiger partial charge is 0.493 e. The highest BCUT2D eigenvalue weighted by molar-refractivity contribution is 6.32. The first-order valence-corrected chi connectivity index (χ1v) is 6.41. The van der Waals surface area contributed by atoms with Gasteiger partial charge in [0, 0.05) is 19.6 Å². The molecule has 2 N–H and O–H groups in total. The van der Waals surface area contributed by atoms with Gasteiger partial charge in [-0.05, 0) is 24.2 Å². The van der Waals surface area contributed by atoms with E-state index >= 15 is 0 Å². The van der Waals surface area contributed by atoms with E-state index in [-0.39, 0.29) is 6.61 Å². The third kappa shape index (κ3) is 4.37. The topological polar surface area (TPSA) is 50.7 Å². The Bertz CT molecular complexity index is 371. The van der Waals surface area contributed by atoms with E-state index in [2.05, 4.69) is 5.32 Å². The Balaban J connectivity index is 2.82. The average molecular weight is 274 g/mol. The van der Waals surface area contributed by atoms with Crippen molar-refractivity contribution in [1.29, 1.82) is 0 Å². The Kier molecular flexibility index (Phi) is 6.86. The number of halogens is 1. The zero-order valence-electron chi connectivity index (χ0n) is 10.8. The van der Waals surface area contributed by atoms with Gasteiger partial charge in [0.15, 0.2) is 11.5 Å². The van der Waals surface area contributed by atoms with Gasteiger partial charge in [-0.15, -0.1) is 0 Å². The number of ether oxygens (including phenoxy) is 2. The quantitative estimate of drug-likeness (QED) is 0.713. The van der Waals surface area contributed by atoms with Crippen LogP contribution in [-0.4, -0.2) is 32.0 Å². The molecule has 0 saturated carbocycles. The van der Waals surface area contributed by atoms with Crippen LogP contribution in [0.5, 0.6) is 11.5 Å². The van der Waals surface area contributed by atoms with Crippen molar-refractivity contribution in [2.75, 3.05) is 26.9 Å². The van der Waals surface area contributed by atoms with E-state index in [0.29, 0.717) is 29.5 Å². The van der Waals surface area contributed by atoms with Gasteiger partial charge in [0.1, 0.15) is 0 Å². The van der Waals surface area contributed by atoms with Crippen LogP contribution in [0, 0.1) is 0 Å². The van der Waals surface area contributed by atoms with Crippen LogP contribution in [0.2, 0.25) is 5.02 Å². The van der Waals surface area contributed by atoms with Crippen molar-refractivity contribution in [3.8, 4) is 11.5 Å². The molecule has 0 aromatic heterocycles. The Morgan fingerprint density at radius 2 is 2.17 bits per heavy atom. The molecule has 5 heteroatoms. The number of nitrogens with one attached hydrogen (secondary N) is 1. The van der Waals surface area contributed by atoms with Gasteiger partial charge in [0.2, 0.25) is 0 Å². The van der Waals surface area contributed by atoms with Crippen LogP contribution in [0.25, 0.3) is 0 Å². The van der Waals surface area contributed by atoms with E-state index in [1.165, 1.54) is 0 Å². The Labute approximate surface area is 113 Å². The zero-order valence-corrected chi connectivity index (χ0v) is 11.6. The summed E-state index contributed by atoms with van der Waals surface area (Å²) in [6.07, 6.45) is 0.568. The molecular weight excluding hydrogens is 254 g/mol. The standard InChI is InChI=1S/C13H20ClNO3/c1-3-15-9-10-7-11(14)13(12(8-10)17-2)18-6-4-5-16/h7-8,15-16H,3-6,9H2,1-2H3. The van der Waals surface area contributed by atoms with Crippen LogP contribution in [0.15, 0.2) is 12.1 Å². The van der Waals surface area contributed by atoms with E-state index in [1.807, 2.05) is 19.1 Å². The summed E-state index contributed by atoms with van der Waals surface area (Å²) in [6.45, 7) is 4.20. The summed E-state index contributed by atoms with van der Waals surface area (Å²) in [5.41, 5.74) is 1.05. The molecule has 18 heavy (non-hydrogen) atoms. The lowest BCUT2D eigenvalue weighted by molar-refractivity contribution is 0.228. The van der Waals surface area contributed by atoms with Crippen LogP contribution < -0.4 is 14.8 Å². The second-order valence-corrected chi connectivity index (χ2v) is 4.22. The maximum absolute atomic E-state index is 8.73. The molecule has 0 radical (unpaired) electrons. The number of aliphatic hydroxyl groups excluding tert-OH is 1. The minimum atomic E-state index is 0.0957. The van der Waals surface area contributed by atoms with E-state index in [4.69, 9.17) is 26.2 Å². The molecule has 102 valence electrons. The van der Waals surface area contributed by atoms with Crippen LogP contribution in [-0.2, 0) is 6.54 Å². The summed E-state index contributed by atoms with van der Waals surface area (Å²) < 4.78 is 10.8. The van der Waals surface area contributed by atoms with Crippen molar-refractivity contribution in [2.24, 2.45) is 0 Å². The second kappa shape index (κ2) is 8.19. The highest BCUT2D eigenvalue weighted by atomic mass is 35.5. The molecule has 4 nitrogen and oxygen atoms in total. The van der Waals surface area contributed by atoms with Crippen molar-refractivity contribution in [3.05, 3.63) is 22.7 Å². The molecule has 0 aliphatic carbocycles. The smallest absolute Gasteiger partial charge is 0.179 e. The predicted octanol–water partition coefficient (Wildman–Crippen LogP) is 2.22. The lowest BCUT2D eigenvalue weighted by Gasteiger charge is -2.14. The molecule has 0 aliphatic heterocycles. The Hall–Kier alpha value is -0.970. The first-order chi connectivity index (χ1) is 8.72. The molecule has 0 amide bonds. The number of aliphatic hydroxyl groups is 1. The number of hydrogen-bond donors (Lipinski definition) is 2. The van der Waals surface area contributed by atoms with E-state index in [0.717, 1.165) is 18.7 Å². The number of benzene rings is 1. The van der Waals surface area contributed by atoms with Crippen molar-refractivity contribution in [3.63, 3.8) is 0 Å². The molecule has 1 aromatic rings. The lowest BCUT2D eigenvalue weighted by Crippen LogP contribution is -2.12. The summed E-state index contributed by atoms with van der Waals surface area (Å²) in [5, 5.41) is 12.5. The summed E-state index contributed by atoms with van der Waals surface area (Å²) in [5.74, 6) is 1.15. The fourth-order valence-corrected chi connectivity index (χ4v) is 1.81. The van der Waals surface area contributed by atoms with Crippen LogP contribution in [0.3, 0.4) is 0 Å². The van der Waals surface area contributed by atoms with Crippen molar-refractivity contribution < 1.29 is 14.6 Å². The average Bonchev–Trinajstić information content (AvgIpc) is 2.38. The van der Waals surface area contributed by atoms with Crippen LogP contribution in [0.4, 0.5) is 0 Å². The number of hydrogen-bond acceptors (Lipinski definition) is 4. The minimum Gasteiger partial charge on any atom is -0.493 e. The molecule has 0 fully saturated rings. The van der Waals surface area contributed by atoms with Gasteiger partial charge in [0.05, 0.1) is 18.7 Å². The first kappa shape index (κ1) is 15.1. The van der Waals surface area contributed by atoms with Gasteiger partial charge in [-0.3, -0.25) is 0 Å². The summed E-state index contributed by atoms with van der Waals surface area (Å²) in [4.78, 5) is 0. The highest BCUT2D eigenvalue weighted by Crippen LogP contribution is 2.36. The van der Waals surface area contributed by atoms with Crippen LogP contribution >= 0.6 is 11.6 Å². The van der Waals surface area contributed by atoms with Gasteiger partial charge in [0.25, 0.3) is 0 Å². The van der Waals surface area contributed by atoms with Crippen molar-refractivity contribution in [2.45, 2.75) is 19.9 Å². The first-order valence-electron chi connectivity index (χ1n) is 6.03. The molecule has 0 unspecified atom stereocenters. The fraction of sp³-hybridized carbons (Fsp3) is 0.538. The van der Waals surface area contributed by atoms with Gasteiger partial charge in [-0.1, -0.05) is 18.5 Å². The van der Waals surface area contributed by atoms with E-state index in [1.54, 1.807) is 7.11 Å². The van der Waals surface area contributed by atoms with Crippen molar-refractivity contribution >= 4 is 11.6 Å². The molecule has 0 spiro atoms. The van der Waals surface area contributed by atoms with E-state index in [9.17, 15) is 0 Å². The summed E-state index contributed by atoms with van der Waals surface area (Å²) in [7, 11) is 1.58. The maximum Gasteiger partial charge on any atom is 0.179 e. The third-order valence-corrected chi connectivity index (χ3v) is 2.70. The molecule has 1 aromatic carbocycles. The second-order valence-electron chi connectivity index (χ2n) is 3.81. The zero-order chi connectivity index (χ0) is 13.4. The molecular formula is C13H20ClNO3. The van der Waals surface area contributed by atoms with E-state index < -0.39 is 0 Å². The molecule has 0 bridgehead atoms. The number of methoxy groups -OCH3 is 1. The number of rotatable bonds is 8. The summed E-state index contributed by atoms with van der Waals surface area (Å²) in [6, 6.07) is 3.77. The van der Waals surface area contributed by atoms with Gasteiger partial charge < -0.3 is 19.9 Å². The summed E-state index contributed by atoms with van der Waals surface area (Å²) >= 11 is 6.18. The maximum atomic E-state index is 8.73. The Morgan fingerprint density at radius 3 is 2.78 bits per heavy atom. The fourth-order valence-electron chi connectivity index (χ4n) is 1.52. The third-order valence-electron chi connectivity index (χ3n) is 2.42. The molecule has 0 saturated heterocycles. The lowest BCUT2D eigenvalue weighted by atomic mass is 10.2. The molecule has 0 aliphatic rings. The Morgan fingerprint density at radius 1 is 1.39 bits per heavy atom. The SMILES string of the molecule is CCNCc1cc(Cl)c(OCCCO)c(OC)c1. The molecule has 0 atom stereocenters. The van der Waals surface area contributed by atoms with Gasteiger partial charge >= 0.3 is 0 Å². The monoisotopic (exact) mass is 273 g/mol. The van der Waals surface area contributed by atoms with Gasteiger partial charge in [-0.25, -0.2) is 0 Å².